The molecule has 6 heteroatoms. The Morgan fingerprint density at radius 2 is 1.90 bits per heavy atom. The third-order valence-corrected chi connectivity index (χ3v) is 5.58. The largest absolute Gasteiger partial charge is 0.341 e. The topological polar surface area (TPSA) is 54.5 Å². The smallest absolute Gasteiger partial charge is 0.261 e. The summed E-state index contributed by atoms with van der Waals surface area (Å²) in [6, 6.07) is 3.09. The molecule has 0 N–H and O–H groups in total. The SMILES string of the molecule is Cc1cc(C)c(S(=O)(=O)Cl)cc1C(=O)N(C)CC1CCC1. The van der Waals surface area contributed by atoms with Crippen LogP contribution in [-0.2, 0) is 9.05 Å². The van der Waals surface area contributed by atoms with Crippen molar-refractivity contribution in [2.45, 2.75) is 38.0 Å². The zero-order chi connectivity index (χ0) is 15.8. The molecule has 2 rings (SSSR count). The van der Waals surface area contributed by atoms with E-state index in [-0.39, 0.29) is 10.8 Å². The molecular formula is C15H20ClNO3S. The normalized spacial score (nSPS) is 15.6. The van der Waals surface area contributed by atoms with Gasteiger partial charge in [-0.3, -0.25) is 4.79 Å². The van der Waals surface area contributed by atoms with E-state index in [4.69, 9.17) is 10.7 Å². The number of halogens is 1. The highest BCUT2D eigenvalue weighted by Gasteiger charge is 2.24. The Balaban J connectivity index is 2.31. The summed E-state index contributed by atoms with van der Waals surface area (Å²) in [5, 5.41) is 0. The molecule has 116 valence electrons. The first kappa shape index (κ1) is 16.3. The van der Waals surface area contributed by atoms with E-state index in [1.54, 1.807) is 24.9 Å². The minimum Gasteiger partial charge on any atom is -0.341 e. The van der Waals surface area contributed by atoms with Crippen molar-refractivity contribution >= 4 is 25.6 Å². The summed E-state index contributed by atoms with van der Waals surface area (Å²) >= 11 is 0. The van der Waals surface area contributed by atoms with Crippen molar-refractivity contribution in [1.82, 2.24) is 4.90 Å². The van der Waals surface area contributed by atoms with Crippen molar-refractivity contribution < 1.29 is 13.2 Å². The lowest BCUT2D eigenvalue weighted by atomic mass is 9.85. The first-order valence-corrected chi connectivity index (χ1v) is 9.32. The molecule has 1 aromatic carbocycles. The van der Waals surface area contributed by atoms with Gasteiger partial charge in [-0.25, -0.2) is 8.42 Å². The number of nitrogens with zero attached hydrogens (tertiary/aromatic N) is 1. The number of rotatable bonds is 4. The maximum Gasteiger partial charge on any atom is 0.261 e. The number of benzene rings is 1. The molecule has 0 atom stereocenters. The molecule has 0 radical (unpaired) electrons. The Labute approximate surface area is 130 Å². The number of hydrogen-bond acceptors (Lipinski definition) is 3. The van der Waals surface area contributed by atoms with E-state index in [1.807, 2.05) is 6.92 Å². The van der Waals surface area contributed by atoms with Gasteiger partial charge < -0.3 is 4.90 Å². The molecule has 0 heterocycles. The standard InChI is InChI=1S/C15H20ClNO3S/c1-10-7-11(2)14(21(16,19)20)8-13(10)15(18)17(3)9-12-5-4-6-12/h7-8,12H,4-6,9H2,1-3H3. The maximum absolute atomic E-state index is 12.5. The summed E-state index contributed by atoms with van der Waals surface area (Å²) in [4.78, 5) is 14.2. The van der Waals surface area contributed by atoms with Crippen molar-refractivity contribution in [1.29, 1.82) is 0 Å². The highest BCUT2D eigenvalue weighted by Crippen LogP contribution is 2.28. The number of carbonyl (C=O) groups is 1. The minimum absolute atomic E-state index is 0.00941. The van der Waals surface area contributed by atoms with Crippen LogP contribution in [0, 0.1) is 19.8 Å². The molecule has 1 saturated carbocycles. The molecule has 1 aromatic rings. The third-order valence-electron chi connectivity index (χ3n) is 4.12. The van der Waals surface area contributed by atoms with Crippen molar-refractivity contribution in [3.8, 4) is 0 Å². The van der Waals surface area contributed by atoms with Gasteiger partial charge in [0.1, 0.15) is 0 Å². The van der Waals surface area contributed by atoms with Crippen LogP contribution < -0.4 is 0 Å². The molecule has 21 heavy (non-hydrogen) atoms. The molecule has 0 aromatic heterocycles. The summed E-state index contributed by atoms with van der Waals surface area (Å²) in [7, 11) is 3.35. The Morgan fingerprint density at radius 3 is 2.38 bits per heavy atom. The number of carbonyl (C=O) groups excluding carboxylic acids is 1. The summed E-state index contributed by atoms with van der Waals surface area (Å²) < 4.78 is 23.2. The second-order valence-electron chi connectivity index (χ2n) is 5.85. The van der Waals surface area contributed by atoms with Gasteiger partial charge in [0.2, 0.25) is 0 Å². The summed E-state index contributed by atoms with van der Waals surface area (Å²) in [6.45, 7) is 4.20. The van der Waals surface area contributed by atoms with Crippen LogP contribution in [-0.4, -0.2) is 32.8 Å². The summed E-state index contributed by atoms with van der Waals surface area (Å²) in [6.07, 6.45) is 3.54. The summed E-state index contributed by atoms with van der Waals surface area (Å²) in [5.41, 5.74) is 1.73. The van der Waals surface area contributed by atoms with Crippen molar-refractivity contribution in [3.63, 3.8) is 0 Å². The van der Waals surface area contributed by atoms with Crippen LogP contribution in [0.15, 0.2) is 17.0 Å². The Bertz CT molecular complexity index is 666. The van der Waals surface area contributed by atoms with Crippen LogP contribution in [0.1, 0.15) is 40.7 Å². The highest BCUT2D eigenvalue weighted by atomic mass is 35.7. The molecule has 1 aliphatic carbocycles. The average Bonchev–Trinajstić information content (AvgIpc) is 2.31. The number of hydrogen-bond donors (Lipinski definition) is 0. The van der Waals surface area contributed by atoms with Crippen LogP contribution in [0.4, 0.5) is 0 Å². The van der Waals surface area contributed by atoms with E-state index in [0.29, 0.717) is 17.0 Å². The lowest BCUT2D eigenvalue weighted by molar-refractivity contribution is 0.0744. The summed E-state index contributed by atoms with van der Waals surface area (Å²) in [5.74, 6) is 0.418. The molecule has 1 amide bonds. The second-order valence-corrected chi connectivity index (χ2v) is 8.39. The molecule has 0 unspecified atom stereocenters. The molecule has 0 aliphatic heterocycles. The Morgan fingerprint density at radius 1 is 1.29 bits per heavy atom. The second kappa shape index (κ2) is 5.97. The van der Waals surface area contributed by atoms with Crippen LogP contribution in [0.2, 0.25) is 0 Å². The molecule has 1 fully saturated rings. The lowest BCUT2D eigenvalue weighted by Gasteiger charge is -2.30. The van der Waals surface area contributed by atoms with Gasteiger partial charge in [0, 0.05) is 29.8 Å². The van der Waals surface area contributed by atoms with Gasteiger partial charge in [0.25, 0.3) is 15.0 Å². The van der Waals surface area contributed by atoms with Crippen LogP contribution in [0.5, 0.6) is 0 Å². The monoisotopic (exact) mass is 329 g/mol. The fourth-order valence-electron chi connectivity index (χ4n) is 2.68. The molecular weight excluding hydrogens is 310 g/mol. The Hall–Kier alpha value is -1.07. The molecule has 1 aliphatic rings. The van der Waals surface area contributed by atoms with Gasteiger partial charge >= 0.3 is 0 Å². The quantitative estimate of drug-likeness (QED) is 0.797. The predicted octanol–water partition coefficient (Wildman–Crippen LogP) is 3.10. The van der Waals surface area contributed by atoms with E-state index in [2.05, 4.69) is 0 Å². The van der Waals surface area contributed by atoms with E-state index >= 15 is 0 Å². The molecule has 0 spiro atoms. The fraction of sp³-hybridized carbons (Fsp3) is 0.533. The van der Waals surface area contributed by atoms with Gasteiger partial charge in [-0.2, -0.15) is 0 Å². The van der Waals surface area contributed by atoms with Gasteiger partial charge in [0.05, 0.1) is 4.90 Å². The van der Waals surface area contributed by atoms with Crippen molar-refractivity contribution in [2.75, 3.05) is 13.6 Å². The van der Waals surface area contributed by atoms with Gasteiger partial charge in [-0.05, 0) is 49.8 Å². The van der Waals surface area contributed by atoms with E-state index in [0.717, 1.165) is 24.9 Å². The Kier molecular flexibility index (Phi) is 4.63. The van der Waals surface area contributed by atoms with Crippen molar-refractivity contribution in [2.24, 2.45) is 5.92 Å². The minimum atomic E-state index is -3.85. The number of aryl methyl sites for hydroxylation is 2. The zero-order valence-electron chi connectivity index (χ0n) is 12.5. The van der Waals surface area contributed by atoms with Gasteiger partial charge in [-0.15, -0.1) is 0 Å². The molecule has 4 nitrogen and oxygen atoms in total. The lowest BCUT2D eigenvalue weighted by Crippen LogP contribution is -2.34. The fourth-order valence-corrected chi connectivity index (χ4v) is 3.88. The predicted molar refractivity (Wildman–Crippen MR) is 83.3 cm³/mol. The first-order valence-electron chi connectivity index (χ1n) is 7.01. The molecule has 0 saturated heterocycles. The third kappa shape index (κ3) is 3.58. The zero-order valence-corrected chi connectivity index (χ0v) is 14.1. The van der Waals surface area contributed by atoms with E-state index in [9.17, 15) is 13.2 Å². The maximum atomic E-state index is 12.5. The van der Waals surface area contributed by atoms with Crippen LogP contribution in [0.3, 0.4) is 0 Å². The van der Waals surface area contributed by atoms with Gasteiger partial charge in [-0.1, -0.05) is 12.5 Å². The van der Waals surface area contributed by atoms with Crippen LogP contribution in [0.25, 0.3) is 0 Å². The molecule has 0 bridgehead atoms. The van der Waals surface area contributed by atoms with Gasteiger partial charge in [0.15, 0.2) is 0 Å². The van der Waals surface area contributed by atoms with E-state index < -0.39 is 9.05 Å². The first-order chi connectivity index (χ1) is 9.70. The highest BCUT2D eigenvalue weighted by molar-refractivity contribution is 8.13. The average molecular weight is 330 g/mol. The van der Waals surface area contributed by atoms with E-state index in [1.165, 1.54) is 12.5 Å². The van der Waals surface area contributed by atoms with Crippen molar-refractivity contribution in [3.05, 3.63) is 28.8 Å². The van der Waals surface area contributed by atoms with Crippen LogP contribution >= 0.6 is 10.7 Å². The number of amides is 1.